The summed E-state index contributed by atoms with van der Waals surface area (Å²) in [6.07, 6.45) is 1.37. The standard InChI is InChI=1S/C12H12ClNO3/c1-17-12(16)8-5-9(13)7-10(6-8)14-4-2-3-11(14)15/h5-7H,2-4H2,1H3. The topological polar surface area (TPSA) is 46.6 Å². The van der Waals surface area contributed by atoms with E-state index in [1.54, 1.807) is 17.0 Å². The SMILES string of the molecule is COC(=O)c1cc(Cl)cc(N2CCCC2=O)c1. The Morgan fingerprint density at radius 3 is 2.76 bits per heavy atom. The van der Waals surface area contributed by atoms with Gasteiger partial charge in [0.05, 0.1) is 12.7 Å². The van der Waals surface area contributed by atoms with Crippen LogP contribution in [0.15, 0.2) is 18.2 Å². The van der Waals surface area contributed by atoms with E-state index in [2.05, 4.69) is 4.74 Å². The van der Waals surface area contributed by atoms with Crippen LogP contribution in [0.25, 0.3) is 0 Å². The Labute approximate surface area is 104 Å². The van der Waals surface area contributed by atoms with Gasteiger partial charge in [-0.25, -0.2) is 4.79 Å². The van der Waals surface area contributed by atoms with Gasteiger partial charge in [-0.15, -0.1) is 0 Å². The average Bonchev–Trinajstić information content (AvgIpc) is 2.73. The molecule has 2 rings (SSSR count). The molecule has 0 unspecified atom stereocenters. The summed E-state index contributed by atoms with van der Waals surface area (Å²) in [4.78, 5) is 24.7. The molecular weight excluding hydrogens is 242 g/mol. The van der Waals surface area contributed by atoms with E-state index in [1.807, 2.05) is 0 Å². The highest BCUT2D eigenvalue weighted by Crippen LogP contribution is 2.26. The molecule has 0 atom stereocenters. The van der Waals surface area contributed by atoms with E-state index < -0.39 is 5.97 Å². The van der Waals surface area contributed by atoms with Gasteiger partial charge in [0.25, 0.3) is 0 Å². The van der Waals surface area contributed by atoms with E-state index in [9.17, 15) is 9.59 Å². The number of hydrogen-bond donors (Lipinski definition) is 0. The van der Waals surface area contributed by atoms with Crippen LogP contribution in [-0.2, 0) is 9.53 Å². The zero-order valence-electron chi connectivity index (χ0n) is 9.40. The van der Waals surface area contributed by atoms with E-state index in [1.165, 1.54) is 13.2 Å². The number of methoxy groups -OCH3 is 1. The molecule has 1 fully saturated rings. The van der Waals surface area contributed by atoms with Crippen LogP contribution >= 0.6 is 11.6 Å². The predicted molar refractivity (Wildman–Crippen MR) is 64.4 cm³/mol. The summed E-state index contributed by atoms with van der Waals surface area (Å²) in [7, 11) is 1.31. The Morgan fingerprint density at radius 1 is 1.41 bits per heavy atom. The molecule has 17 heavy (non-hydrogen) atoms. The quantitative estimate of drug-likeness (QED) is 0.760. The van der Waals surface area contributed by atoms with Crippen LogP contribution < -0.4 is 4.90 Å². The fourth-order valence-corrected chi connectivity index (χ4v) is 2.12. The number of nitrogens with zero attached hydrogens (tertiary/aromatic N) is 1. The van der Waals surface area contributed by atoms with Crippen LogP contribution in [0.1, 0.15) is 23.2 Å². The van der Waals surface area contributed by atoms with Crippen molar-refractivity contribution in [1.82, 2.24) is 0 Å². The lowest BCUT2D eigenvalue weighted by Crippen LogP contribution is -2.24. The van der Waals surface area contributed by atoms with Gasteiger partial charge in [-0.3, -0.25) is 4.79 Å². The minimum absolute atomic E-state index is 0.0584. The zero-order valence-corrected chi connectivity index (χ0v) is 10.2. The maximum Gasteiger partial charge on any atom is 0.337 e. The van der Waals surface area contributed by atoms with Crippen molar-refractivity contribution in [2.45, 2.75) is 12.8 Å². The highest BCUT2D eigenvalue weighted by Gasteiger charge is 2.23. The van der Waals surface area contributed by atoms with Gasteiger partial charge < -0.3 is 9.64 Å². The van der Waals surface area contributed by atoms with Gasteiger partial charge in [0.15, 0.2) is 0 Å². The Morgan fingerprint density at radius 2 is 2.18 bits per heavy atom. The molecule has 1 aliphatic heterocycles. The summed E-state index contributed by atoms with van der Waals surface area (Å²) in [6, 6.07) is 4.83. The van der Waals surface area contributed by atoms with Gasteiger partial charge in [-0.05, 0) is 24.6 Å². The molecule has 4 nitrogen and oxygen atoms in total. The largest absolute Gasteiger partial charge is 0.465 e. The highest BCUT2D eigenvalue weighted by atomic mass is 35.5. The Bertz CT molecular complexity index is 473. The van der Waals surface area contributed by atoms with Crippen LogP contribution in [0.5, 0.6) is 0 Å². The minimum Gasteiger partial charge on any atom is -0.465 e. The summed E-state index contributed by atoms with van der Waals surface area (Å²) in [5, 5.41) is 0.419. The summed E-state index contributed by atoms with van der Waals surface area (Å²) >= 11 is 5.93. The number of anilines is 1. The van der Waals surface area contributed by atoms with Crippen molar-refractivity contribution in [2.75, 3.05) is 18.6 Å². The van der Waals surface area contributed by atoms with Gasteiger partial charge >= 0.3 is 5.97 Å². The molecule has 1 aromatic carbocycles. The first-order chi connectivity index (χ1) is 8.11. The lowest BCUT2D eigenvalue weighted by molar-refractivity contribution is -0.117. The smallest absolute Gasteiger partial charge is 0.337 e. The summed E-state index contributed by atoms with van der Waals surface area (Å²) in [5.74, 6) is -0.400. The van der Waals surface area contributed by atoms with Crippen LogP contribution in [-0.4, -0.2) is 25.5 Å². The van der Waals surface area contributed by atoms with Gasteiger partial charge in [-0.2, -0.15) is 0 Å². The van der Waals surface area contributed by atoms with Gasteiger partial charge in [0.1, 0.15) is 0 Å². The number of ether oxygens (including phenoxy) is 1. The van der Waals surface area contributed by atoms with Crippen LogP contribution in [0.2, 0.25) is 5.02 Å². The third-order valence-electron chi connectivity index (χ3n) is 2.69. The molecule has 0 radical (unpaired) electrons. The molecule has 0 saturated carbocycles. The number of rotatable bonds is 2. The van der Waals surface area contributed by atoms with Crippen LogP contribution in [0.3, 0.4) is 0 Å². The fourth-order valence-electron chi connectivity index (χ4n) is 1.89. The first kappa shape index (κ1) is 11.9. The number of benzene rings is 1. The Hall–Kier alpha value is -1.55. The molecule has 0 aliphatic carbocycles. The number of amides is 1. The van der Waals surface area contributed by atoms with Gasteiger partial charge in [0, 0.05) is 23.7 Å². The molecule has 1 aliphatic rings. The molecule has 1 aromatic rings. The van der Waals surface area contributed by atoms with Gasteiger partial charge in [-0.1, -0.05) is 11.6 Å². The zero-order chi connectivity index (χ0) is 12.4. The van der Waals surface area contributed by atoms with E-state index in [0.717, 1.165) is 6.42 Å². The maximum atomic E-state index is 11.6. The second kappa shape index (κ2) is 4.75. The van der Waals surface area contributed by atoms with Crippen molar-refractivity contribution in [2.24, 2.45) is 0 Å². The molecule has 1 heterocycles. The summed E-state index contributed by atoms with van der Waals surface area (Å²) in [5.41, 5.74) is 1.01. The first-order valence-electron chi connectivity index (χ1n) is 5.31. The third kappa shape index (κ3) is 2.42. The second-order valence-corrected chi connectivity index (χ2v) is 4.28. The number of hydrogen-bond acceptors (Lipinski definition) is 3. The lowest BCUT2D eigenvalue weighted by atomic mass is 10.2. The molecule has 1 amide bonds. The second-order valence-electron chi connectivity index (χ2n) is 3.84. The molecule has 0 spiro atoms. The van der Waals surface area contributed by atoms with Crippen molar-refractivity contribution in [1.29, 1.82) is 0 Å². The monoisotopic (exact) mass is 253 g/mol. The number of halogens is 1. The molecule has 1 saturated heterocycles. The molecule has 0 bridgehead atoms. The van der Waals surface area contributed by atoms with E-state index >= 15 is 0 Å². The van der Waals surface area contributed by atoms with Crippen molar-refractivity contribution < 1.29 is 14.3 Å². The minimum atomic E-state index is -0.458. The van der Waals surface area contributed by atoms with Crippen molar-refractivity contribution in [3.63, 3.8) is 0 Å². The van der Waals surface area contributed by atoms with Crippen molar-refractivity contribution in [3.05, 3.63) is 28.8 Å². The molecule has 0 aromatic heterocycles. The Kier molecular flexibility index (Phi) is 3.33. The Balaban J connectivity index is 2.37. The number of carbonyl (C=O) groups excluding carboxylic acids is 2. The number of esters is 1. The number of carbonyl (C=O) groups is 2. The normalized spacial score (nSPS) is 15.2. The molecule has 0 N–H and O–H groups in total. The summed E-state index contributed by atoms with van der Waals surface area (Å²) in [6.45, 7) is 0.666. The maximum absolute atomic E-state index is 11.6. The highest BCUT2D eigenvalue weighted by molar-refractivity contribution is 6.31. The van der Waals surface area contributed by atoms with Crippen LogP contribution in [0.4, 0.5) is 5.69 Å². The molecule has 5 heteroatoms. The molecule has 90 valence electrons. The van der Waals surface area contributed by atoms with Crippen molar-refractivity contribution in [3.8, 4) is 0 Å². The van der Waals surface area contributed by atoms with E-state index in [0.29, 0.717) is 29.2 Å². The van der Waals surface area contributed by atoms with E-state index in [-0.39, 0.29) is 5.91 Å². The fraction of sp³-hybridized carbons (Fsp3) is 0.333. The van der Waals surface area contributed by atoms with Crippen LogP contribution in [0, 0.1) is 0 Å². The van der Waals surface area contributed by atoms with Gasteiger partial charge in [0.2, 0.25) is 5.91 Å². The third-order valence-corrected chi connectivity index (χ3v) is 2.91. The average molecular weight is 254 g/mol. The summed E-state index contributed by atoms with van der Waals surface area (Å²) < 4.78 is 4.63. The van der Waals surface area contributed by atoms with Crippen molar-refractivity contribution >= 4 is 29.2 Å². The molecular formula is C12H12ClNO3. The van der Waals surface area contributed by atoms with E-state index in [4.69, 9.17) is 11.6 Å². The predicted octanol–water partition coefficient (Wildman–Crippen LogP) is 2.25. The first-order valence-corrected chi connectivity index (χ1v) is 5.69. The lowest BCUT2D eigenvalue weighted by Gasteiger charge is -2.16.